The van der Waals surface area contributed by atoms with E-state index in [-0.39, 0.29) is 6.08 Å². The van der Waals surface area contributed by atoms with E-state index in [1.54, 1.807) is 0 Å². The average Bonchev–Trinajstić information content (AvgIpc) is 2.00. The van der Waals surface area contributed by atoms with Crippen LogP contribution in [0.5, 0.6) is 0 Å². The number of halogens is 7. The van der Waals surface area contributed by atoms with Crippen molar-refractivity contribution in [2.45, 2.75) is 24.1 Å². The van der Waals surface area contributed by atoms with E-state index in [4.69, 9.17) is 5.11 Å². The zero-order valence-corrected chi connectivity index (χ0v) is 6.45. The molecule has 0 radical (unpaired) electrons. The van der Waals surface area contributed by atoms with Gasteiger partial charge in [0.25, 0.3) is 0 Å². The van der Waals surface area contributed by atoms with Crippen LogP contribution in [-0.2, 0) is 0 Å². The molecule has 1 atom stereocenters. The average molecular weight is 226 g/mol. The third-order valence-electron chi connectivity index (χ3n) is 1.37. The van der Waals surface area contributed by atoms with E-state index < -0.39 is 24.1 Å². The van der Waals surface area contributed by atoms with E-state index in [2.05, 4.69) is 6.58 Å². The SMILES string of the molecule is C=CC(O)C(F)(F)C(F)(F)C(F)(F)F. The molecular weight excluding hydrogens is 221 g/mol. The summed E-state index contributed by atoms with van der Waals surface area (Å²) in [5.74, 6) is -11.9. The van der Waals surface area contributed by atoms with Crippen LogP contribution in [0.3, 0.4) is 0 Å². The number of hydrogen-bond donors (Lipinski definition) is 1. The summed E-state index contributed by atoms with van der Waals surface area (Å²) in [5, 5.41) is 8.24. The summed E-state index contributed by atoms with van der Waals surface area (Å²) in [6, 6.07) is 0. The van der Waals surface area contributed by atoms with Crippen molar-refractivity contribution in [3.8, 4) is 0 Å². The first kappa shape index (κ1) is 13.2. The van der Waals surface area contributed by atoms with Gasteiger partial charge in [-0.25, -0.2) is 0 Å². The van der Waals surface area contributed by atoms with E-state index in [9.17, 15) is 30.7 Å². The summed E-state index contributed by atoms with van der Waals surface area (Å²) in [7, 11) is 0. The lowest BCUT2D eigenvalue weighted by Gasteiger charge is -2.30. The molecular formula is C6H5F7O. The molecule has 0 heterocycles. The third kappa shape index (κ3) is 1.84. The molecule has 14 heavy (non-hydrogen) atoms. The molecule has 1 N–H and O–H groups in total. The van der Waals surface area contributed by atoms with Crippen molar-refractivity contribution in [1.82, 2.24) is 0 Å². The number of aliphatic hydroxyl groups is 1. The topological polar surface area (TPSA) is 20.2 Å². The zero-order chi connectivity index (χ0) is 11.8. The van der Waals surface area contributed by atoms with E-state index in [1.807, 2.05) is 0 Å². The van der Waals surface area contributed by atoms with Gasteiger partial charge in [-0.1, -0.05) is 6.08 Å². The fourth-order valence-corrected chi connectivity index (χ4v) is 0.523. The first-order valence-electron chi connectivity index (χ1n) is 3.11. The van der Waals surface area contributed by atoms with E-state index in [0.717, 1.165) is 0 Å². The smallest absolute Gasteiger partial charge is 0.382 e. The molecule has 8 heteroatoms. The van der Waals surface area contributed by atoms with Crippen molar-refractivity contribution in [2.24, 2.45) is 0 Å². The monoisotopic (exact) mass is 226 g/mol. The lowest BCUT2D eigenvalue weighted by molar-refractivity contribution is -0.366. The maximum atomic E-state index is 12.3. The Labute approximate surface area is 73.8 Å². The largest absolute Gasteiger partial charge is 0.459 e. The molecule has 0 aromatic heterocycles. The molecule has 0 aliphatic carbocycles. The zero-order valence-electron chi connectivity index (χ0n) is 6.45. The Kier molecular flexibility index (Phi) is 3.22. The van der Waals surface area contributed by atoms with Gasteiger partial charge >= 0.3 is 18.0 Å². The van der Waals surface area contributed by atoms with Gasteiger partial charge in [-0.15, -0.1) is 6.58 Å². The maximum Gasteiger partial charge on any atom is 0.459 e. The molecule has 0 aliphatic heterocycles. The van der Waals surface area contributed by atoms with Crippen LogP contribution in [-0.4, -0.2) is 29.2 Å². The van der Waals surface area contributed by atoms with Crippen LogP contribution in [0.15, 0.2) is 12.7 Å². The summed E-state index contributed by atoms with van der Waals surface area (Å²) in [5.41, 5.74) is 0. The molecule has 0 aromatic carbocycles. The van der Waals surface area contributed by atoms with Crippen LogP contribution in [0.1, 0.15) is 0 Å². The second-order valence-electron chi connectivity index (χ2n) is 2.38. The molecule has 0 bridgehead atoms. The molecule has 0 saturated carbocycles. The Morgan fingerprint density at radius 2 is 1.36 bits per heavy atom. The predicted octanol–water partition coefficient (Wildman–Crippen LogP) is 2.37. The molecule has 0 aromatic rings. The van der Waals surface area contributed by atoms with Crippen LogP contribution in [0.4, 0.5) is 30.7 Å². The van der Waals surface area contributed by atoms with Crippen LogP contribution in [0.25, 0.3) is 0 Å². The molecule has 0 aliphatic rings. The minimum atomic E-state index is -6.43. The van der Waals surface area contributed by atoms with E-state index in [0.29, 0.717) is 0 Å². The molecule has 0 fully saturated rings. The fourth-order valence-electron chi connectivity index (χ4n) is 0.523. The predicted molar refractivity (Wildman–Crippen MR) is 32.2 cm³/mol. The Bertz CT molecular complexity index is 219. The first-order chi connectivity index (χ1) is 5.98. The Hall–Kier alpha value is -0.790. The normalized spacial score (nSPS) is 16.6. The Balaban J connectivity index is 5.17. The lowest BCUT2D eigenvalue weighted by Crippen LogP contribution is -2.57. The van der Waals surface area contributed by atoms with Gasteiger partial charge < -0.3 is 5.11 Å². The Morgan fingerprint density at radius 1 is 1.00 bits per heavy atom. The van der Waals surface area contributed by atoms with Gasteiger partial charge in [-0.3, -0.25) is 0 Å². The molecule has 0 rings (SSSR count). The quantitative estimate of drug-likeness (QED) is 0.578. The van der Waals surface area contributed by atoms with Crippen molar-refractivity contribution in [3.63, 3.8) is 0 Å². The summed E-state index contributed by atoms with van der Waals surface area (Å²) in [4.78, 5) is 0. The van der Waals surface area contributed by atoms with Crippen molar-refractivity contribution in [3.05, 3.63) is 12.7 Å². The molecule has 0 saturated heterocycles. The molecule has 0 amide bonds. The van der Waals surface area contributed by atoms with Crippen LogP contribution in [0.2, 0.25) is 0 Å². The first-order valence-corrected chi connectivity index (χ1v) is 3.11. The van der Waals surface area contributed by atoms with Gasteiger partial charge in [0.1, 0.15) is 6.10 Å². The number of hydrogen-bond acceptors (Lipinski definition) is 1. The maximum absolute atomic E-state index is 12.3. The highest BCUT2D eigenvalue weighted by molar-refractivity contribution is 5.01. The van der Waals surface area contributed by atoms with Gasteiger partial charge in [0, 0.05) is 0 Å². The minimum Gasteiger partial charge on any atom is -0.382 e. The highest BCUT2D eigenvalue weighted by Crippen LogP contribution is 2.48. The fraction of sp³-hybridized carbons (Fsp3) is 0.667. The summed E-state index contributed by atoms with van der Waals surface area (Å²) in [6.45, 7) is 2.49. The van der Waals surface area contributed by atoms with Crippen LogP contribution in [0, 0.1) is 0 Å². The van der Waals surface area contributed by atoms with Gasteiger partial charge in [0.2, 0.25) is 0 Å². The summed E-state index contributed by atoms with van der Waals surface area (Å²) in [6.07, 6.45) is -9.79. The van der Waals surface area contributed by atoms with Gasteiger partial charge in [-0.2, -0.15) is 30.7 Å². The Morgan fingerprint density at radius 3 is 1.57 bits per heavy atom. The number of alkyl halides is 7. The molecule has 84 valence electrons. The lowest BCUT2D eigenvalue weighted by atomic mass is 10.1. The van der Waals surface area contributed by atoms with Crippen LogP contribution < -0.4 is 0 Å². The second kappa shape index (κ2) is 3.41. The highest BCUT2D eigenvalue weighted by Gasteiger charge is 2.74. The number of rotatable bonds is 3. The van der Waals surface area contributed by atoms with Crippen molar-refractivity contribution >= 4 is 0 Å². The molecule has 1 unspecified atom stereocenters. The standard InChI is InChI=1S/C6H5F7O/c1-2-3(14)4(7,8)5(9,10)6(11,12)13/h2-3,14H,1H2. The van der Waals surface area contributed by atoms with Crippen molar-refractivity contribution in [1.29, 1.82) is 0 Å². The highest BCUT2D eigenvalue weighted by atomic mass is 19.4. The molecule has 1 nitrogen and oxygen atoms in total. The van der Waals surface area contributed by atoms with Gasteiger partial charge in [0.05, 0.1) is 0 Å². The van der Waals surface area contributed by atoms with Gasteiger partial charge in [0.15, 0.2) is 0 Å². The van der Waals surface area contributed by atoms with E-state index in [1.165, 1.54) is 0 Å². The summed E-state index contributed by atoms with van der Waals surface area (Å²) >= 11 is 0. The number of aliphatic hydroxyl groups excluding tert-OH is 1. The summed E-state index contributed by atoms with van der Waals surface area (Å²) < 4.78 is 83.1. The van der Waals surface area contributed by atoms with Crippen molar-refractivity contribution < 1.29 is 35.8 Å². The minimum absolute atomic E-state index is 0.0976. The van der Waals surface area contributed by atoms with Gasteiger partial charge in [-0.05, 0) is 0 Å². The second-order valence-corrected chi connectivity index (χ2v) is 2.38. The third-order valence-corrected chi connectivity index (χ3v) is 1.37. The van der Waals surface area contributed by atoms with Crippen molar-refractivity contribution in [2.75, 3.05) is 0 Å². The van der Waals surface area contributed by atoms with E-state index >= 15 is 0 Å². The van der Waals surface area contributed by atoms with Crippen LogP contribution >= 0.6 is 0 Å². The molecule has 0 spiro atoms.